The van der Waals surface area contributed by atoms with E-state index in [1.54, 1.807) is 6.92 Å². The van der Waals surface area contributed by atoms with E-state index in [1.807, 2.05) is 0 Å². The Kier molecular flexibility index (Phi) is 4.82. The number of amides is 1. The Labute approximate surface area is 158 Å². The van der Waals surface area contributed by atoms with E-state index in [1.165, 1.54) is 43.5 Å². The van der Waals surface area contributed by atoms with Gasteiger partial charge in [-0.3, -0.25) is 4.79 Å². The van der Waals surface area contributed by atoms with E-state index in [0.717, 1.165) is 37.0 Å². The van der Waals surface area contributed by atoms with Crippen molar-refractivity contribution in [3.8, 4) is 5.75 Å². The fraction of sp³-hybridized carbons (Fsp3) is 0.619. The van der Waals surface area contributed by atoms with Crippen molar-refractivity contribution in [2.24, 2.45) is 17.8 Å². The summed E-state index contributed by atoms with van der Waals surface area (Å²) in [6.07, 6.45) is 6.23. The van der Waals surface area contributed by atoms with Gasteiger partial charge >= 0.3 is 5.97 Å². The van der Waals surface area contributed by atoms with Crippen LogP contribution in [-0.4, -0.2) is 30.1 Å². The largest absolute Gasteiger partial charge is 0.479 e. The molecule has 4 fully saturated rings. The molecule has 0 unspecified atom stereocenters. The van der Waals surface area contributed by atoms with Crippen LogP contribution < -0.4 is 10.1 Å². The highest BCUT2D eigenvalue weighted by molar-refractivity contribution is 5.82. The number of hydrogen-bond donors (Lipinski definition) is 1. The Balaban J connectivity index is 1.25. The maximum Gasteiger partial charge on any atom is 0.347 e. The van der Waals surface area contributed by atoms with Crippen molar-refractivity contribution in [2.45, 2.75) is 57.1 Å². The second-order valence-electron chi connectivity index (χ2n) is 8.57. The first-order valence-corrected chi connectivity index (χ1v) is 9.81. The van der Waals surface area contributed by atoms with Crippen molar-refractivity contribution in [3.63, 3.8) is 0 Å². The predicted molar refractivity (Wildman–Crippen MR) is 96.5 cm³/mol. The number of hydrogen-bond acceptors (Lipinski definition) is 4. The molecule has 0 saturated heterocycles. The highest BCUT2D eigenvalue weighted by Crippen LogP contribution is 2.55. The Morgan fingerprint density at radius 1 is 1.11 bits per heavy atom. The summed E-state index contributed by atoms with van der Waals surface area (Å²) in [6, 6.07) is 5.40. The van der Waals surface area contributed by atoms with Gasteiger partial charge in [-0.15, -0.1) is 0 Å². The van der Waals surface area contributed by atoms with Gasteiger partial charge < -0.3 is 14.8 Å². The summed E-state index contributed by atoms with van der Waals surface area (Å²) in [6.45, 7) is 1.25. The van der Waals surface area contributed by atoms with Crippen molar-refractivity contribution >= 4 is 11.9 Å². The number of esters is 1. The third-order valence-corrected chi connectivity index (χ3v) is 6.25. The first-order valence-electron chi connectivity index (χ1n) is 9.81. The molecule has 4 aliphatic carbocycles. The smallest absolute Gasteiger partial charge is 0.347 e. The van der Waals surface area contributed by atoms with Gasteiger partial charge in [0.25, 0.3) is 5.91 Å². The van der Waals surface area contributed by atoms with Crippen LogP contribution in [0.5, 0.6) is 5.75 Å². The van der Waals surface area contributed by atoms with Crippen LogP contribution in [0.1, 0.15) is 45.4 Å². The lowest BCUT2D eigenvalue weighted by Gasteiger charge is -2.56. The summed E-state index contributed by atoms with van der Waals surface area (Å²) >= 11 is 0. The zero-order valence-corrected chi connectivity index (χ0v) is 15.6. The molecule has 1 amide bonds. The fourth-order valence-electron chi connectivity index (χ4n) is 5.62. The van der Waals surface area contributed by atoms with E-state index in [-0.39, 0.29) is 23.9 Å². The molecule has 146 valence electrons. The monoisotopic (exact) mass is 375 g/mol. The molecule has 0 aromatic heterocycles. The molecular formula is C21H26FNO4. The lowest BCUT2D eigenvalue weighted by molar-refractivity contribution is -0.155. The number of nitrogens with one attached hydrogen (secondary N) is 1. The normalized spacial score (nSPS) is 32.0. The molecule has 1 atom stereocenters. The number of benzene rings is 1. The molecule has 4 aliphatic rings. The van der Waals surface area contributed by atoms with Gasteiger partial charge in [0.1, 0.15) is 11.6 Å². The van der Waals surface area contributed by atoms with Crippen LogP contribution in [0.4, 0.5) is 4.39 Å². The van der Waals surface area contributed by atoms with Crippen LogP contribution >= 0.6 is 0 Å². The highest BCUT2D eigenvalue weighted by atomic mass is 19.1. The minimum Gasteiger partial charge on any atom is -0.479 e. The first-order chi connectivity index (χ1) is 12.9. The molecule has 0 heterocycles. The summed E-state index contributed by atoms with van der Waals surface area (Å²) in [5.74, 6) is 1.37. The SMILES string of the molecule is C[C@@H](Oc1ccc(F)cc1)C(=O)OCC(=O)NC12CC3CC(CC(C3)C1)C2. The van der Waals surface area contributed by atoms with E-state index in [0.29, 0.717) is 5.75 Å². The van der Waals surface area contributed by atoms with Crippen molar-refractivity contribution in [3.05, 3.63) is 30.1 Å². The van der Waals surface area contributed by atoms with E-state index in [4.69, 9.17) is 9.47 Å². The molecule has 1 aromatic carbocycles. The summed E-state index contributed by atoms with van der Waals surface area (Å²) in [4.78, 5) is 24.5. The maximum atomic E-state index is 12.9. The average Bonchev–Trinajstić information content (AvgIpc) is 2.60. The third-order valence-electron chi connectivity index (χ3n) is 6.25. The predicted octanol–water partition coefficient (Wildman–Crippen LogP) is 3.22. The quantitative estimate of drug-likeness (QED) is 0.776. The molecule has 5 rings (SSSR count). The van der Waals surface area contributed by atoms with Crippen LogP contribution in [0.15, 0.2) is 24.3 Å². The molecule has 6 heteroatoms. The summed E-state index contributed by atoms with van der Waals surface area (Å²) in [7, 11) is 0. The van der Waals surface area contributed by atoms with Gasteiger partial charge in [0.05, 0.1) is 0 Å². The van der Waals surface area contributed by atoms with Gasteiger partial charge in [0.15, 0.2) is 12.7 Å². The van der Waals surface area contributed by atoms with Gasteiger partial charge in [0, 0.05) is 5.54 Å². The standard InChI is InChI=1S/C21H26FNO4/c1-13(27-18-4-2-17(22)3-5-18)20(25)26-12-19(24)23-21-9-14-6-15(10-21)8-16(7-14)11-21/h2-5,13-16H,6-12H2,1H3,(H,23,24)/t13-,14?,15?,16?,21?/m1/s1. The van der Waals surface area contributed by atoms with E-state index >= 15 is 0 Å². The second-order valence-corrected chi connectivity index (χ2v) is 8.57. The summed E-state index contributed by atoms with van der Waals surface area (Å²) < 4.78 is 23.5. The van der Waals surface area contributed by atoms with Gasteiger partial charge in [-0.05, 0) is 87.5 Å². The Bertz CT molecular complexity index is 682. The van der Waals surface area contributed by atoms with Crippen molar-refractivity contribution in [1.82, 2.24) is 5.32 Å². The Morgan fingerprint density at radius 3 is 2.22 bits per heavy atom. The molecule has 4 bridgehead atoms. The molecule has 1 aromatic rings. The van der Waals surface area contributed by atoms with Crippen LogP contribution in [0, 0.1) is 23.6 Å². The minimum atomic E-state index is -0.872. The second kappa shape index (κ2) is 7.13. The Hall–Kier alpha value is -2.11. The summed E-state index contributed by atoms with van der Waals surface area (Å²) in [5.41, 5.74) is -0.0888. The average molecular weight is 375 g/mol. The molecule has 27 heavy (non-hydrogen) atoms. The highest BCUT2D eigenvalue weighted by Gasteiger charge is 2.51. The molecule has 4 saturated carbocycles. The number of carbonyl (C=O) groups is 2. The lowest BCUT2D eigenvalue weighted by Crippen LogP contribution is -2.60. The first kappa shape index (κ1) is 18.3. The van der Waals surface area contributed by atoms with Gasteiger partial charge in [-0.25, -0.2) is 9.18 Å². The number of carbonyl (C=O) groups excluding carboxylic acids is 2. The minimum absolute atomic E-state index is 0.0888. The van der Waals surface area contributed by atoms with Gasteiger partial charge in [0.2, 0.25) is 0 Å². The van der Waals surface area contributed by atoms with E-state index < -0.39 is 12.1 Å². The van der Waals surface area contributed by atoms with Crippen molar-refractivity contribution < 1.29 is 23.5 Å². The molecule has 0 spiro atoms. The van der Waals surface area contributed by atoms with Crippen molar-refractivity contribution in [2.75, 3.05) is 6.61 Å². The third kappa shape index (κ3) is 4.09. The molecule has 5 nitrogen and oxygen atoms in total. The number of ether oxygens (including phenoxy) is 2. The summed E-state index contributed by atoms with van der Waals surface area (Å²) in [5, 5.41) is 3.18. The lowest BCUT2D eigenvalue weighted by atomic mass is 9.53. The van der Waals surface area contributed by atoms with Crippen molar-refractivity contribution in [1.29, 1.82) is 0 Å². The maximum absolute atomic E-state index is 12.9. The fourth-order valence-corrected chi connectivity index (χ4v) is 5.62. The van der Waals surface area contributed by atoms with E-state index in [9.17, 15) is 14.0 Å². The zero-order chi connectivity index (χ0) is 19.0. The molecule has 0 radical (unpaired) electrons. The number of rotatable bonds is 6. The van der Waals surface area contributed by atoms with E-state index in [2.05, 4.69) is 5.32 Å². The van der Waals surface area contributed by atoms with Crippen LogP contribution in [0.3, 0.4) is 0 Å². The zero-order valence-electron chi connectivity index (χ0n) is 15.6. The van der Waals surface area contributed by atoms with Crippen LogP contribution in [0.25, 0.3) is 0 Å². The van der Waals surface area contributed by atoms with Gasteiger partial charge in [-0.1, -0.05) is 0 Å². The molecular weight excluding hydrogens is 349 g/mol. The number of halogens is 1. The van der Waals surface area contributed by atoms with Crippen LogP contribution in [0.2, 0.25) is 0 Å². The van der Waals surface area contributed by atoms with Gasteiger partial charge in [-0.2, -0.15) is 0 Å². The molecule has 0 aliphatic heterocycles. The molecule has 1 N–H and O–H groups in total. The van der Waals surface area contributed by atoms with Crippen LogP contribution in [-0.2, 0) is 14.3 Å². The topological polar surface area (TPSA) is 64.6 Å². The Morgan fingerprint density at radius 2 is 1.67 bits per heavy atom.